The Bertz CT molecular complexity index is 417. The average molecular weight is 220 g/mol. The van der Waals surface area contributed by atoms with Crippen LogP contribution in [0.1, 0.15) is 35.7 Å². The van der Waals surface area contributed by atoms with Gasteiger partial charge in [-0.3, -0.25) is 0 Å². The van der Waals surface area contributed by atoms with E-state index in [0.717, 1.165) is 17.9 Å². The summed E-state index contributed by atoms with van der Waals surface area (Å²) >= 11 is 0. The van der Waals surface area contributed by atoms with Crippen molar-refractivity contribution in [2.45, 2.75) is 32.7 Å². The lowest BCUT2D eigenvalue weighted by molar-refractivity contribution is 0.0696. The molecule has 0 radical (unpaired) electrons. The number of carboxylic acid groups (broad SMARTS) is 1. The number of carboxylic acids is 1. The lowest BCUT2D eigenvalue weighted by Gasteiger charge is -2.24. The van der Waals surface area contributed by atoms with Crippen LogP contribution < -0.4 is 4.90 Å². The fraction of sp³-hybridized carbons (Fsp3) is 0.500. The van der Waals surface area contributed by atoms with E-state index in [1.165, 1.54) is 19.0 Å². The molecule has 2 rings (SSSR count). The van der Waals surface area contributed by atoms with Gasteiger partial charge in [0, 0.05) is 18.8 Å². The molecule has 1 N–H and O–H groups in total. The van der Waals surface area contributed by atoms with Gasteiger partial charge in [-0.05, 0) is 38.3 Å². The van der Waals surface area contributed by atoms with E-state index in [0.29, 0.717) is 6.04 Å². The summed E-state index contributed by atoms with van der Waals surface area (Å²) in [6, 6.07) is 2.19. The molecule has 1 unspecified atom stereocenters. The Labute approximate surface area is 94.9 Å². The van der Waals surface area contributed by atoms with Gasteiger partial charge in [-0.25, -0.2) is 9.78 Å². The first-order valence-electron chi connectivity index (χ1n) is 5.56. The molecule has 4 nitrogen and oxygen atoms in total. The Morgan fingerprint density at radius 2 is 2.38 bits per heavy atom. The van der Waals surface area contributed by atoms with Crippen LogP contribution in [0.15, 0.2) is 12.3 Å². The van der Waals surface area contributed by atoms with Crippen molar-refractivity contribution in [1.29, 1.82) is 0 Å². The van der Waals surface area contributed by atoms with E-state index < -0.39 is 5.97 Å². The third-order valence-electron chi connectivity index (χ3n) is 3.12. The topological polar surface area (TPSA) is 53.4 Å². The molecule has 0 saturated carbocycles. The second-order valence-corrected chi connectivity index (χ2v) is 4.35. The summed E-state index contributed by atoms with van der Waals surface area (Å²) in [5, 5.41) is 8.86. The lowest BCUT2D eigenvalue weighted by Crippen LogP contribution is -2.28. The molecular weight excluding hydrogens is 204 g/mol. The minimum Gasteiger partial charge on any atom is -0.478 e. The van der Waals surface area contributed by atoms with Crippen LogP contribution >= 0.6 is 0 Å². The Morgan fingerprint density at radius 3 is 2.88 bits per heavy atom. The Morgan fingerprint density at radius 1 is 1.62 bits per heavy atom. The maximum absolute atomic E-state index is 10.8. The molecule has 1 fully saturated rings. The molecule has 0 amide bonds. The van der Waals surface area contributed by atoms with Gasteiger partial charge in [-0.15, -0.1) is 0 Å². The van der Waals surface area contributed by atoms with E-state index in [2.05, 4.69) is 16.8 Å². The molecule has 0 bridgehead atoms. The average Bonchev–Trinajstić information content (AvgIpc) is 2.64. The molecule has 0 aliphatic carbocycles. The lowest BCUT2D eigenvalue weighted by atomic mass is 10.2. The molecule has 86 valence electrons. The van der Waals surface area contributed by atoms with Crippen molar-refractivity contribution >= 4 is 11.8 Å². The third kappa shape index (κ3) is 1.87. The molecule has 1 aromatic rings. The van der Waals surface area contributed by atoms with Crippen LogP contribution in [0, 0.1) is 6.92 Å². The van der Waals surface area contributed by atoms with Crippen molar-refractivity contribution in [2.24, 2.45) is 0 Å². The van der Waals surface area contributed by atoms with Crippen LogP contribution in [-0.2, 0) is 0 Å². The Balaban J connectivity index is 2.32. The highest BCUT2D eigenvalue weighted by Crippen LogP contribution is 2.26. The molecule has 2 heterocycles. The van der Waals surface area contributed by atoms with Crippen molar-refractivity contribution in [3.05, 3.63) is 23.4 Å². The summed E-state index contributed by atoms with van der Waals surface area (Å²) in [6.45, 7) is 5.11. The van der Waals surface area contributed by atoms with E-state index in [1.807, 2.05) is 6.92 Å². The maximum atomic E-state index is 10.8. The van der Waals surface area contributed by atoms with E-state index in [-0.39, 0.29) is 5.56 Å². The van der Waals surface area contributed by atoms with Gasteiger partial charge in [0.15, 0.2) is 0 Å². The Kier molecular flexibility index (Phi) is 2.81. The number of aryl methyl sites for hydroxylation is 1. The van der Waals surface area contributed by atoms with Gasteiger partial charge >= 0.3 is 5.97 Å². The van der Waals surface area contributed by atoms with Gasteiger partial charge in [-0.1, -0.05) is 0 Å². The van der Waals surface area contributed by atoms with Crippen LogP contribution in [0.25, 0.3) is 0 Å². The SMILES string of the molecule is Cc1cc(C(=O)O)cnc1N1CCCC1C. The highest BCUT2D eigenvalue weighted by Gasteiger charge is 2.23. The molecule has 1 aromatic heterocycles. The number of aromatic carboxylic acids is 1. The summed E-state index contributed by atoms with van der Waals surface area (Å²) < 4.78 is 0. The number of hydrogen-bond donors (Lipinski definition) is 1. The minimum atomic E-state index is -0.920. The van der Waals surface area contributed by atoms with Gasteiger partial charge in [0.2, 0.25) is 0 Å². The van der Waals surface area contributed by atoms with Gasteiger partial charge in [-0.2, -0.15) is 0 Å². The standard InChI is InChI=1S/C12H16N2O2/c1-8-6-10(12(15)16)7-13-11(8)14-5-3-4-9(14)2/h6-7,9H,3-5H2,1-2H3,(H,15,16). The number of anilines is 1. The summed E-state index contributed by atoms with van der Waals surface area (Å²) in [4.78, 5) is 17.3. The molecule has 0 aromatic carbocycles. The zero-order chi connectivity index (χ0) is 11.7. The second kappa shape index (κ2) is 4.12. The fourth-order valence-corrected chi connectivity index (χ4v) is 2.23. The quantitative estimate of drug-likeness (QED) is 0.829. The van der Waals surface area contributed by atoms with Crippen molar-refractivity contribution in [3.63, 3.8) is 0 Å². The predicted octanol–water partition coefficient (Wildman–Crippen LogP) is 2.08. The van der Waals surface area contributed by atoms with E-state index in [4.69, 9.17) is 5.11 Å². The first-order valence-corrected chi connectivity index (χ1v) is 5.56. The number of aromatic nitrogens is 1. The number of rotatable bonds is 2. The normalized spacial score (nSPS) is 20.1. The minimum absolute atomic E-state index is 0.257. The molecule has 4 heteroatoms. The number of carbonyl (C=O) groups is 1. The highest BCUT2D eigenvalue weighted by atomic mass is 16.4. The molecule has 0 spiro atoms. The zero-order valence-electron chi connectivity index (χ0n) is 9.60. The summed E-state index contributed by atoms with van der Waals surface area (Å²) in [6.07, 6.45) is 3.81. The largest absolute Gasteiger partial charge is 0.478 e. The first-order chi connectivity index (χ1) is 7.59. The highest BCUT2D eigenvalue weighted by molar-refractivity contribution is 5.87. The smallest absolute Gasteiger partial charge is 0.337 e. The summed E-state index contributed by atoms with van der Waals surface area (Å²) in [5.41, 5.74) is 1.20. The van der Waals surface area contributed by atoms with Gasteiger partial charge in [0.25, 0.3) is 0 Å². The molecular formula is C12H16N2O2. The Hall–Kier alpha value is -1.58. The molecule has 1 saturated heterocycles. The van der Waals surface area contributed by atoms with Crippen LogP contribution in [0.5, 0.6) is 0 Å². The van der Waals surface area contributed by atoms with Crippen LogP contribution in [0.3, 0.4) is 0 Å². The van der Waals surface area contributed by atoms with E-state index in [9.17, 15) is 4.79 Å². The molecule has 16 heavy (non-hydrogen) atoms. The van der Waals surface area contributed by atoms with Crippen molar-refractivity contribution in [1.82, 2.24) is 4.98 Å². The van der Waals surface area contributed by atoms with Crippen LogP contribution in [0.4, 0.5) is 5.82 Å². The summed E-state index contributed by atoms with van der Waals surface area (Å²) in [5.74, 6) is 0.00613. The summed E-state index contributed by atoms with van der Waals surface area (Å²) in [7, 11) is 0. The van der Waals surface area contributed by atoms with Crippen LogP contribution in [-0.4, -0.2) is 28.6 Å². The van der Waals surface area contributed by atoms with Crippen LogP contribution in [0.2, 0.25) is 0 Å². The van der Waals surface area contributed by atoms with Gasteiger partial charge in [0.1, 0.15) is 5.82 Å². The second-order valence-electron chi connectivity index (χ2n) is 4.35. The monoisotopic (exact) mass is 220 g/mol. The van der Waals surface area contributed by atoms with Crippen molar-refractivity contribution in [3.8, 4) is 0 Å². The molecule has 1 aliphatic heterocycles. The molecule has 1 aliphatic rings. The number of hydrogen-bond acceptors (Lipinski definition) is 3. The third-order valence-corrected chi connectivity index (χ3v) is 3.12. The van der Waals surface area contributed by atoms with E-state index >= 15 is 0 Å². The first kappa shape index (κ1) is 10.9. The zero-order valence-corrected chi connectivity index (χ0v) is 9.60. The molecule has 1 atom stereocenters. The van der Waals surface area contributed by atoms with Crippen molar-refractivity contribution in [2.75, 3.05) is 11.4 Å². The van der Waals surface area contributed by atoms with E-state index in [1.54, 1.807) is 6.07 Å². The fourth-order valence-electron chi connectivity index (χ4n) is 2.23. The number of pyridine rings is 1. The van der Waals surface area contributed by atoms with Gasteiger partial charge in [0.05, 0.1) is 5.56 Å². The maximum Gasteiger partial charge on any atom is 0.337 e. The van der Waals surface area contributed by atoms with Gasteiger partial charge < -0.3 is 10.0 Å². The predicted molar refractivity (Wildman–Crippen MR) is 62.0 cm³/mol. The van der Waals surface area contributed by atoms with Crippen molar-refractivity contribution < 1.29 is 9.90 Å². The number of nitrogens with zero attached hydrogens (tertiary/aromatic N) is 2.